The van der Waals surface area contributed by atoms with Crippen LogP contribution in [0.1, 0.15) is 15.9 Å². The van der Waals surface area contributed by atoms with Gasteiger partial charge in [0.2, 0.25) is 0 Å². The van der Waals surface area contributed by atoms with E-state index in [0.29, 0.717) is 30.8 Å². The van der Waals surface area contributed by atoms with Crippen molar-refractivity contribution in [3.63, 3.8) is 0 Å². The molecule has 1 heterocycles. The second kappa shape index (κ2) is 5.54. The van der Waals surface area contributed by atoms with E-state index < -0.39 is 6.10 Å². The lowest BCUT2D eigenvalue weighted by molar-refractivity contribution is 0.00873. The third kappa shape index (κ3) is 2.85. The van der Waals surface area contributed by atoms with E-state index in [1.807, 2.05) is 0 Å². The van der Waals surface area contributed by atoms with Crippen molar-refractivity contribution in [1.82, 2.24) is 4.90 Å². The summed E-state index contributed by atoms with van der Waals surface area (Å²) in [4.78, 5) is 14.3. The summed E-state index contributed by atoms with van der Waals surface area (Å²) in [5.41, 5.74) is 6.62. The van der Waals surface area contributed by atoms with Crippen molar-refractivity contribution in [3.05, 3.63) is 29.3 Å². The number of nitrogens with zero attached hydrogens (tertiary/aromatic N) is 1. The molecule has 0 aliphatic carbocycles. The average Bonchev–Trinajstić information content (AvgIpc) is 2.41. The first-order valence-electron chi connectivity index (χ1n) is 5.99. The van der Waals surface area contributed by atoms with E-state index in [2.05, 4.69) is 0 Å². The van der Waals surface area contributed by atoms with Crippen LogP contribution in [0.2, 0.25) is 0 Å². The van der Waals surface area contributed by atoms with E-state index in [-0.39, 0.29) is 16.6 Å². The standard InChI is InChI=1S/C13H16N2O3S/c1-8-9(3-2-4-10(8)16)13(17)15-5-6-18-11(7-15)12(14)19/h2-4,11,16H,5-7H2,1H3,(H2,14,19). The van der Waals surface area contributed by atoms with Crippen LogP contribution in [-0.4, -0.2) is 46.7 Å². The van der Waals surface area contributed by atoms with Crippen LogP contribution in [-0.2, 0) is 4.74 Å². The van der Waals surface area contributed by atoms with Crippen molar-refractivity contribution in [2.24, 2.45) is 5.73 Å². The molecule has 0 saturated carbocycles. The van der Waals surface area contributed by atoms with E-state index >= 15 is 0 Å². The second-order valence-electron chi connectivity index (χ2n) is 4.46. The second-order valence-corrected chi connectivity index (χ2v) is 4.93. The number of carbonyl (C=O) groups excluding carboxylic acids is 1. The average molecular weight is 280 g/mol. The number of hydrogen-bond donors (Lipinski definition) is 2. The summed E-state index contributed by atoms with van der Waals surface area (Å²) >= 11 is 4.89. The monoisotopic (exact) mass is 280 g/mol. The quantitative estimate of drug-likeness (QED) is 0.785. The molecule has 1 fully saturated rings. The number of nitrogens with two attached hydrogens (primary N) is 1. The van der Waals surface area contributed by atoms with Crippen LogP contribution in [0.15, 0.2) is 18.2 Å². The number of phenolic OH excluding ortho intramolecular Hbond substituents is 1. The Bertz CT molecular complexity index is 519. The fourth-order valence-corrected chi connectivity index (χ4v) is 2.17. The van der Waals surface area contributed by atoms with Crippen LogP contribution < -0.4 is 5.73 Å². The number of benzene rings is 1. The normalized spacial score (nSPS) is 19.2. The van der Waals surface area contributed by atoms with Crippen molar-refractivity contribution >= 4 is 23.1 Å². The fourth-order valence-electron chi connectivity index (χ4n) is 2.03. The van der Waals surface area contributed by atoms with Crippen molar-refractivity contribution in [1.29, 1.82) is 0 Å². The SMILES string of the molecule is Cc1c(O)cccc1C(=O)N1CCOC(C(N)=S)C1. The molecule has 0 aromatic heterocycles. The van der Waals surface area contributed by atoms with Gasteiger partial charge in [-0.25, -0.2) is 0 Å². The van der Waals surface area contributed by atoms with Gasteiger partial charge in [-0.3, -0.25) is 4.79 Å². The molecule has 0 spiro atoms. The maximum atomic E-state index is 12.4. The minimum atomic E-state index is -0.398. The lowest BCUT2D eigenvalue weighted by Gasteiger charge is -2.32. The van der Waals surface area contributed by atoms with Gasteiger partial charge in [0, 0.05) is 17.7 Å². The number of amides is 1. The van der Waals surface area contributed by atoms with Gasteiger partial charge < -0.3 is 20.5 Å². The van der Waals surface area contributed by atoms with Crippen LogP contribution >= 0.6 is 12.2 Å². The number of thiocarbonyl (C=S) groups is 1. The molecule has 1 aliphatic rings. The zero-order chi connectivity index (χ0) is 14.0. The lowest BCUT2D eigenvalue weighted by Crippen LogP contribution is -2.50. The molecule has 6 heteroatoms. The highest BCUT2D eigenvalue weighted by atomic mass is 32.1. The van der Waals surface area contributed by atoms with Gasteiger partial charge >= 0.3 is 0 Å². The minimum Gasteiger partial charge on any atom is -0.508 e. The highest BCUT2D eigenvalue weighted by Crippen LogP contribution is 2.21. The molecular weight excluding hydrogens is 264 g/mol. The first kappa shape index (κ1) is 13.8. The summed E-state index contributed by atoms with van der Waals surface area (Å²) in [6.07, 6.45) is -0.398. The summed E-state index contributed by atoms with van der Waals surface area (Å²) in [5, 5.41) is 9.65. The minimum absolute atomic E-state index is 0.116. The third-order valence-electron chi connectivity index (χ3n) is 3.21. The number of phenols is 1. The van der Waals surface area contributed by atoms with Gasteiger partial charge in [0.05, 0.1) is 13.2 Å². The number of carbonyl (C=O) groups is 1. The van der Waals surface area contributed by atoms with Gasteiger partial charge in [-0.15, -0.1) is 0 Å². The highest BCUT2D eigenvalue weighted by molar-refractivity contribution is 7.80. The van der Waals surface area contributed by atoms with Crippen molar-refractivity contribution in [3.8, 4) is 5.75 Å². The van der Waals surface area contributed by atoms with Crippen LogP contribution in [0.4, 0.5) is 0 Å². The largest absolute Gasteiger partial charge is 0.508 e. The molecule has 1 amide bonds. The first-order chi connectivity index (χ1) is 9.00. The van der Waals surface area contributed by atoms with Crippen LogP contribution in [0.25, 0.3) is 0 Å². The number of ether oxygens (including phenoxy) is 1. The molecule has 1 atom stereocenters. The molecule has 2 rings (SSSR count). The van der Waals surface area contributed by atoms with Crippen molar-refractivity contribution < 1.29 is 14.6 Å². The maximum Gasteiger partial charge on any atom is 0.254 e. The third-order valence-corrected chi connectivity index (χ3v) is 3.47. The van der Waals surface area contributed by atoms with Crippen LogP contribution in [0, 0.1) is 6.92 Å². The Morgan fingerprint density at radius 1 is 1.58 bits per heavy atom. The Balaban J connectivity index is 2.19. The van der Waals surface area contributed by atoms with E-state index in [9.17, 15) is 9.90 Å². The van der Waals surface area contributed by atoms with Gasteiger partial charge in [-0.2, -0.15) is 0 Å². The number of morpholine rings is 1. The van der Waals surface area contributed by atoms with Gasteiger partial charge in [-0.05, 0) is 19.1 Å². The molecule has 1 unspecified atom stereocenters. The fraction of sp³-hybridized carbons (Fsp3) is 0.385. The molecule has 3 N–H and O–H groups in total. The zero-order valence-electron chi connectivity index (χ0n) is 10.6. The Kier molecular flexibility index (Phi) is 4.01. The predicted octanol–water partition coefficient (Wildman–Crippen LogP) is 0.828. The Morgan fingerprint density at radius 2 is 2.32 bits per heavy atom. The van der Waals surface area contributed by atoms with Gasteiger partial charge in [0.15, 0.2) is 0 Å². The van der Waals surface area contributed by atoms with Gasteiger partial charge in [-0.1, -0.05) is 18.3 Å². The Hall–Kier alpha value is -1.66. The molecule has 0 bridgehead atoms. The molecule has 1 aliphatic heterocycles. The lowest BCUT2D eigenvalue weighted by atomic mass is 10.1. The smallest absolute Gasteiger partial charge is 0.254 e. The molecule has 1 saturated heterocycles. The summed E-state index contributed by atoms with van der Waals surface area (Å²) in [5.74, 6) is -0.0250. The molecular formula is C13H16N2O3S. The maximum absolute atomic E-state index is 12.4. The van der Waals surface area contributed by atoms with Gasteiger partial charge in [0.1, 0.15) is 16.8 Å². The zero-order valence-corrected chi connectivity index (χ0v) is 11.4. The Morgan fingerprint density at radius 3 is 3.00 bits per heavy atom. The summed E-state index contributed by atoms with van der Waals surface area (Å²) < 4.78 is 5.40. The van der Waals surface area contributed by atoms with Gasteiger partial charge in [0.25, 0.3) is 5.91 Å². The highest BCUT2D eigenvalue weighted by Gasteiger charge is 2.27. The number of rotatable bonds is 2. The molecule has 0 radical (unpaired) electrons. The van der Waals surface area contributed by atoms with E-state index in [1.165, 1.54) is 0 Å². The summed E-state index contributed by atoms with van der Waals surface area (Å²) in [6.45, 7) is 2.97. The molecule has 1 aromatic rings. The molecule has 5 nitrogen and oxygen atoms in total. The van der Waals surface area contributed by atoms with E-state index in [4.69, 9.17) is 22.7 Å². The predicted molar refractivity (Wildman–Crippen MR) is 75.3 cm³/mol. The van der Waals surface area contributed by atoms with Crippen LogP contribution in [0.5, 0.6) is 5.75 Å². The number of aromatic hydroxyl groups is 1. The molecule has 19 heavy (non-hydrogen) atoms. The molecule has 1 aromatic carbocycles. The first-order valence-corrected chi connectivity index (χ1v) is 6.40. The van der Waals surface area contributed by atoms with E-state index in [0.717, 1.165) is 0 Å². The summed E-state index contributed by atoms with van der Waals surface area (Å²) in [6, 6.07) is 4.91. The van der Waals surface area contributed by atoms with Crippen LogP contribution in [0.3, 0.4) is 0 Å². The van der Waals surface area contributed by atoms with Crippen molar-refractivity contribution in [2.45, 2.75) is 13.0 Å². The molecule has 102 valence electrons. The topological polar surface area (TPSA) is 75.8 Å². The Labute approximate surface area is 117 Å². The van der Waals surface area contributed by atoms with E-state index in [1.54, 1.807) is 30.0 Å². The van der Waals surface area contributed by atoms with Crippen molar-refractivity contribution in [2.75, 3.05) is 19.7 Å². The number of hydrogen-bond acceptors (Lipinski definition) is 4. The summed E-state index contributed by atoms with van der Waals surface area (Å²) in [7, 11) is 0.